The number of aromatic hydroxyl groups is 1. The highest BCUT2D eigenvalue weighted by atomic mass is 35.5. The van der Waals surface area contributed by atoms with Crippen LogP contribution in [0.25, 0.3) is 16.7 Å². The van der Waals surface area contributed by atoms with Gasteiger partial charge in [0.2, 0.25) is 0 Å². The molecule has 0 saturated heterocycles. The van der Waals surface area contributed by atoms with Crippen LogP contribution in [0.5, 0.6) is 5.75 Å². The van der Waals surface area contributed by atoms with Gasteiger partial charge in [0.25, 0.3) is 0 Å². The molecule has 0 amide bonds. The second-order valence-corrected chi connectivity index (χ2v) is 11.3. The molecule has 0 saturated carbocycles. The first-order chi connectivity index (χ1) is 13.2. The van der Waals surface area contributed by atoms with Crippen molar-refractivity contribution in [2.75, 3.05) is 0 Å². The molecular formula is C24H32ClN3O. The van der Waals surface area contributed by atoms with Gasteiger partial charge in [0, 0.05) is 10.6 Å². The molecule has 5 heteroatoms. The minimum atomic E-state index is -0.207. The number of halogens is 1. The fraction of sp³-hybridized carbons (Fsp3) is 0.500. The van der Waals surface area contributed by atoms with Crippen molar-refractivity contribution >= 4 is 22.6 Å². The summed E-state index contributed by atoms with van der Waals surface area (Å²) in [5.74, 6) is 0.239. The van der Waals surface area contributed by atoms with Crippen LogP contribution in [-0.4, -0.2) is 20.1 Å². The van der Waals surface area contributed by atoms with Crippen LogP contribution >= 0.6 is 11.6 Å². The summed E-state index contributed by atoms with van der Waals surface area (Å²) < 4.78 is 0. The van der Waals surface area contributed by atoms with Gasteiger partial charge in [-0.3, -0.25) is 0 Å². The number of rotatable bonds is 3. The maximum atomic E-state index is 11.4. The van der Waals surface area contributed by atoms with Crippen LogP contribution in [0.4, 0.5) is 0 Å². The van der Waals surface area contributed by atoms with Crippen LogP contribution in [0.2, 0.25) is 5.02 Å². The van der Waals surface area contributed by atoms with E-state index in [1.54, 1.807) is 16.9 Å². The third-order valence-corrected chi connectivity index (χ3v) is 5.44. The highest BCUT2D eigenvalue weighted by Crippen LogP contribution is 2.44. The molecule has 0 radical (unpaired) electrons. The van der Waals surface area contributed by atoms with E-state index < -0.39 is 0 Å². The standard InChI is InChI=1S/C24H32ClN3O/c1-22(2,3)14-24(7,8)16-10-11-17(23(4,5)6)21(29)20(16)28-26-18-12-9-15(25)13-19(18)27-28/h9-13,29H,14H2,1-8H3. The maximum absolute atomic E-state index is 11.4. The quantitative estimate of drug-likeness (QED) is 0.514. The number of phenols is 1. The maximum Gasteiger partial charge on any atom is 0.147 e. The summed E-state index contributed by atoms with van der Waals surface area (Å²) in [5, 5.41) is 21.3. The van der Waals surface area contributed by atoms with Gasteiger partial charge in [0.05, 0.1) is 0 Å². The molecule has 0 aliphatic rings. The zero-order valence-electron chi connectivity index (χ0n) is 18.8. The Morgan fingerprint density at radius 1 is 0.862 bits per heavy atom. The third-order valence-electron chi connectivity index (χ3n) is 5.20. The Balaban J connectivity index is 2.31. The van der Waals surface area contributed by atoms with E-state index >= 15 is 0 Å². The topological polar surface area (TPSA) is 50.9 Å². The van der Waals surface area contributed by atoms with Crippen molar-refractivity contribution in [3.05, 3.63) is 46.5 Å². The average molecular weight is 414 g/mol. The van der Waals surface area contributed by atoms with Crippen LogP contribution in [-0.2, 0) is 10.8 Å². The molecule has 0 atom stereocenters. The van der Waals surface area contributed by atoms with E-state index in [9.17, 15) is 5.11 Å². The molecule has 3 aromatic rings. The molecule has 0 aliphatic heterocycles. The fourth-order valence-corrected chi connectivity index (χ4v) is 4.51. The van der Waals surface area contributed by atoms with E-state index in [-0.39, 0.29) is 22.0 Å². The number of fused-ring (bicyclic) bond motifs is 1. The van der Waals surface area contributed by atoms with Crippen molar-refractivity contribution in [2.24, 2.45) is 5.41 Å². The lowest BCUT2D eigenvalue weighted by Crippen LogP contribution is -2.27. The first-order valence-electron chi connectivity index (χ1n) is 10.1. The summed E-state index contributed by atoms with van der Waals surface area (Å²) >= 11 is 6.14. The van der Waals surface area contributed by atoms with Gasteiger partial charge in [-0.05, 0) is 46.4 Å². The second kappa shape index (κ2) is 7.02. The van der Waals surface area contributed by atoms with Gasteiger partial charge in [-0.25, -0.2) is 0 Å². The Morgan fingerprint density at radius 3 is 2.03 bits per heavy atom. The Kier molecular flexibility index (Phi) is 5.23. The lowest BCUT2D eigenvalue weighted by atomic mass is 9.71. The number of hydrogen-bond donors (Lipinski definition) is 1. The monoisotopic (exact) mass is 413 g/mol. The number of hydrogen-bond acceptors (Lipinski definition) is 3. The summed E-state index contributed by atoms with van der Waals surface area (Å²) in [5.41, 5.74) is 3.76. The van der Waals surface area contributed by atoms with Crippen LogP contribution < -0.4 is 0 Å². The van der Waals surface area contributed by atoms with Gasteiger partial charge in [0.1, 0.15) is 22.5 Å². The minimum Gasteiger partial charge on any atom is -0.505 e. The number of phenolic OH excluding ortho intramolecular Hbond substituents is 1. The lowest BCUT2D eigenvalue weighted by molar-refractivity contribution is 0.282. The Labute approximate surface area is 178 Å². The summed E-state index contributed by atoms with van der Waals surface area (Å²) in [7, 11) is 0. The minimum absolute atomic E-state index is 0.134. The van der Waals surface area contributed by atoms with Gasteiger partial charge >= 0.3 is 0 Å². The molecule has 156 valence electrons. The SMILES string of the molecule is CC(C)(C)CC(C)(C)c1ccc(C(C)(C)C)c(O)c1-n1nc2ccc(Cl)cc2n1. The first kappa shape index (κ1) is 21.6. The molecule has 0 unspecified atom stereocenters. The van der Waals surface area contributed by atoms with E-state index in [0.29, 0.717) is 16.2 Å². The zero-order valence-corrected chi connectivity index (χ0v) is 19.5. The van der Waals surface area contributed by atoms with E-state index in [1.165, 1.54) is 0 Å². The van der Waals surface area contributed by atoms with Crippen LogP contribution in [0.3, 0.4) is 0 Å². The highest BCUT2D eigenvalue weighted by molar-refractivity contribution is 6.31. The Bertz CT molecular complexity index is 1050. The van der Waals surface area contributed by atoms with Crippen molar-refractivity contribution in [2.45, 2.75) is 72.6 Å². The first-order valence-corrected chi connectivity index (χ1v) is 10.5. The van der Waals surface area contributed by atoms with Crippen LogP contribution in [0.1, 0.15) is 72.9 Å². The average Bonchev–Trinajstić information content (AvgIpc) is 2.93. The van der Waals surface area contributed by atoms with Crippen LogP contribution in [0.15, 0.2) is 30.3 Å². The lowest BCUT2D eigenvalue weighted by Gasteiger charge is -2.35. The predicted molar refractivity (Wildman–Crippen MR) is 121 cm³/mol. The number of aromatic nitrogens is 3. The third kappa shape index (κ3) is 4.42. The molecule has 2 aromatic carbocycles. The molecule has 4 nitrogen and oxygen atoms in total. The summed E-state index contributed by atoms with van der Waals surface area (Å²) in [6, 6.07) is 9.62. The van der Waals surface area contributed by atoms with Crippen molar-refractivity contribution < 1.29 is 5.11 Å². The Morgan fingerprint density at radius 2 is 1.45 bits per heavy atom. The smallest absolute Gasteiger partial charge is 0.147 e. The molecule has 0 spiro atoms. The molecular weight excluding hydrogens is 382 g/mol. The van der Waals surface area contributed by atoms with Crippen molar-refractivity contribution in [3.8, 4) is 11.4 Å². The summed E-state index contributed by atoms with van der Waals surface area (Å²) in [6.45, 7) is 17.4. The van der Waals surface area contributed by atoms with Crippen molar-refractivity contribution in [1.29, 1.82) is 0 Å². The normalized spacial score (nSPS) is 13.3. The molecule has 0 fully saturated rings. The van der Waals surface area contributed by atoms with E-state index in [1.807, 2.05) is 12.1 Å². The summed E-state index contributed by atoms with van der Waals surface area (Å²) in [6.07, 6.45) is 0.952. The van der Waals surface area contributed by atoms with Crippen molar-refractivity contribution in [1.82, 2.24) is 15.0 Å². The zero-order chi connectivity index (χ0) is 21.8. The summed E-state index contributed by atoms with van der Waals surface area (Å²) in [4.78, 5) is 1.57. The molecule has 1 heterocycles. The van der Waals surface area contributed by atoms with Gasteiger partial charge in [-0.15, -0.1) is 15.0 Å². The van der Waals surface area contributed by atoms with Gasteiger partial charge in [0.15, 0.2) is 0 Å². The largest absolute Gasteiger partial charge is 0.505 e. The molecule has 1 N–H and O–H groups in total. The number of benzene rings is 2. The Hall–Kier alpha value is -2.07. The van der Waals surface area contributed by atoms with Gasteiger partial charge in [-0.2, -0.15) is 0 Å². The molecule has 29 heavy (non-hydrogen) atoms. The van der Waals surface area contributed by atoms with Gasteiger partial charge < -0.3 is 5.11 Å². The highest BCUT2D eigenvalue weighted by Gasteiger charge is 2.33. The van der Waals surface area contributed by atoms with Crippen molar-refractivity contribution in [3.63, 3.8) is 0 Å². The van der Waals surface area contributed by atoms with Gasteiger partial charge in [-0.1, -0.05) is 79.1 Å². The van der Waals surface area contributed by atoms with E-state index in [2.05, 4.69) is 71.7 Å². The fourth-order valence-electron chi connectivity index (χ4n) is 4.34. The van der Waals surface area contributed by atoms with E-state index in [0.717, 1.165) is 23.1 Å². The molecule has 0 bridgehead atoms. The predicted octanol–water partition coefficient (Wildman–Crippen LogP) is 6.79. The van der Waals surface area contributed by atoms with E-state index in [4.69, 9.17) is 11.6 Å². The molecule has 0 aliphatic carbocycles. The number of nitrogens with zero attached hydrogens (tertiary/aromatic N) is 3. The van der Waals surface area contributed by atoms with Crippen LogP contribution in [0, 0.1) is 5.41 Å². The molecule has 1 aromatic heterocycles. The second-order valence-electron chi connectivity index (χ2n) is 10.9. The molecule has 3 rings (SSSR count).